The highest BCUT2D eigenvalue weighted by Crippen LogP contribution is 2.13. The van der Waals surface area contributed by atoms with Crippen molar-refractivity contribution in [2.45, 2.75) is 11.8 Å². The van der Waals surface area contributed by atoms with Crippen molar-refractivity contribution in [1.29, 1.82) is 0 Å². The monoisotopic (exact) mass is 326 g/mol. The van der Waals surface area contributed by atoms with Gasteiger partial charge in [0.15, 0.2) is 0 Å². The lowest BCUT2D eigenvalue weighted by molar-refractivity contribution is 0.199. The van der Waals surface area contributed by atoms with Gasteiger partial charge in [-0.15, -0.1) is 12.4 Å². The fraction of sp³-hybridized carbons (Fsp3) is 0.500. The summed E-state index contributed by atoms with van der Waals surface area (Å²) in [6.07, 6.45) is 0. The van der Waals surface area contributed by atoms with Crippen LogP contribution in [0.15, 0.2) is 23.1 Å². The van der Waals surface area contributed by atoms with Crippen LogP contribution in [0.4, 0.5) is 4.39 Å². The summed E-state index contributed by atoms with van der Waals surface area (Å²) in [7, 11) is -1.98. The van der Waals surface area contributed by atoms with Gasteiger partial charge in [0.1, 0.15) is 5.82 Å². The van der Waals surface area contributed by atoms with Crippen molar-refractivity contribution < 1.29 is 17.5 Å². The first-order chi connectivity index (χ1) is 8.97. The fourth-order valence-electron chi connectivity index (χ4n) is 1.44. The largest absolute Gasteiger partial charge is 0.383 e. The molecule has 0 bridgehead atoms. The Morgan fingerprint density at radius 1 is 1.25 bits per heavy atom. The fourth-order valence-corrected chi connectivity index (χ4v) is 2.56. The number of sulfonamides is 1. The lowest BCUT2D eigenvalue weighted by Gasteiger charge is -2.08. The van der Waals surface area contributed by atoms with Gasteiger partial charge < -0.3 is 10.1 Å². The van der Waals surface area contributed by atoms with Gasteiger partial charge >= 0.3 is 0 Å². The lowest BCUT2D eigenvalue weighted by atomic mass is 10.2. The maximum absolute atomic E-state index is 13.1. The molecule has 2 N–H and O–H groups in total. The Labute approximate surface area is 125 Å². The van der Waals surface area contributed by atoms with E-state index in [0.717, 1.165) is 6.07 Å². The molecule has 0 amide bonds. The molecule has 0 heterocycles. The first-order valence-corrected chi connectivity index (χ1v) is 7.41. The van der Waals surface area contributed by atoms with E-state index in [4.69, 9.17) is 4.74 Å². The zero-order valence-corrected chi connectivity index (χ0v) is 13.1. The van der Waals surface area contributed by atoms with Crippen LogP contribution in [0, 0.1) is 12.7 Å². The van der Waals surface area contributed by atoms with Crippen LogP contribution >= 0.6 is 12.4 Å². The second kappa shape index (κ2) is 9.25. The van der Waals surface area contributed by atoms with Crippen LogP contribution in [0.25, 0.3) is 0 Å². The summed E-state index contributed by atoms with van der Waals surface area (Å²) in [4.78, 5) is 0.0725. The standard InChI is InChI=1S/C12H19FN2O3S.ClH/c1-10-9-11(3-4-12(10)13)19(16,17)15-6-5-14-7-8-18-2;/h3-4,9,14-15H,5-8H2,1-2H3;1H. The van der Waals surface area contributed by atoms with Gasteiger partial charge in [0.05, 0.1) is 11.5 Å². The summed E-state index contributed by atoms with van der Waals surface area (Å²) in [5.74, 6) is -0.416. The van der Waals surface area contributed by atoms with E-state index >= 15 is 0 Å². The molecular weight excluding hydrogens is 307 g/mol. The third-order valence-corrected chi connectivity index (χ3v) is 3.98. The van der Waals surface area contributed by atoms with Crippen molar-refractivity contribution in [3.05, 3.63) is 29.6 Å². The molecule has 0 radical (unpaired) electrons. The molecule has 0 aromatic heterocycles. The first-order valence-electron chi connectivity index (χ1n) is 5.93. The second-order valence-corrected chi connectivity index (χ2v) is 5.82. The smallest absolute Gasteiger partial charge is 0.240 e. The van der Waals surface area contributed by atoms with Crippen LogP contribution in [-0.4, -0.2) is 41.8 Å². The predicted molar refractivity (Wildman–Crippen MR) is 78.3 cm³/mol. The summed E-state index contributed by atoms with van der Waals surface area (Å²) in [6.45, 7) is 3.53. The van der Waals surface area contributed by atoms with Gasteiger partial charge in [-0.2, -0.15) is 0 Å². The van der Waals surface area contributed by atoms with Crippen molar-refractivity contribution in [3.63, 3.8) is 0 Å². The Morgan fingerprint density at radius 2 is 1.95 bits per heavy atom. The van der Waals surface area contributed by atoms with Gasteiger partial charge in [0.2, 0.25) is 10.0 Å². The minimum Gasteiger partial charge on any atom is -0.383 e. The minimum atomic E-state index is -3.58. The zero-order chi connectivity index (χ0) is 14.3. The van der Waals surface area contributed by atoms with Gasteiger partial charge in [-0.1, -0.05) is 0 Å². The number of methoxy groups -OCH3 is 1. The van der Waals surface area contributed by atoms with E-state index in [1.165, 1.54) is 19.1 Å². The van der Waals surface area contributed by atoms with Gasteiger partial charge in [0.25, 0.3) is 0 Å². The molecule has 116 valence electrons. The Bertz CT molecular complexity index is 511. The minimum absolute atomic E-state index is 0. The quantitative estimate of drug-likeness (QED) is 0.701. The molecule has 1 rings (SSSR count). The number of nitrogens with one attached hydrogen (secondary N) is 2. The van der Waals surface area contributed by atoms with Gasteiger partial charge in [-0.25, -0.2) is 17.5 Å². The molecule has 1 aromatic carbocycles. The van der Waals surface area contributed by atoms with Crippen molar-refractivity contribution in [2.75, 3.05) is 33.4 Å². The number of ether oxygens (including phenoxy) is 1. The summed E-state index contributed by atoms with van der Waals surface area (Å²) >= 11 is 0. The van der Waals surface area contributed by atoms with Gasteiger partial charge in [-0.3, -0.25) is 0 Å². The van der Waals surface area contributed by atoms with E-state index in [1.807, 2.05) is 0 Å². The summed E-state index contributed by atoms with van der Waals surface area (Å²) in [5, 5.41) is 3.02. The van der Waals surface area contributed by atoms with Gasteiger partial charge in [-0.05, 0) is 30.7 Å². The Balaban J connectivity index is 0.00000361. The molecule has 8 heteroatoms. The molecule has 0 atom stereocenters. The molecule has 0 spiro atoms. The third-order valence-electron chi connectivity index (χ3n) is 2.52. The first kappa shape index (κ1) is 19.3. The Morgan fingerprint density at radius 3 is 2.55 bits per heavy atom. The molecule has 0 aliphatic heterocycles. The number of halogens is 2. The molecule has 0 aliphatic carbocycles. The molecule has 5 nitrogen and oxygen atoms in total. The third kappa shape index (κ3) is 6.15. The summed E-state index contributed by atoms with van der Waals surface area (Å²) in [5.41, 5.74) is 0.307. The molecule has 0 aliphatic rings. The van der Waals surface area contributed by atoms with Crippen molar-refractivity contribution in [2.24, 2.45) is 0 Å². The maximum Gasteiger partial charge on any atom is 0.240 e. The highest BCUT2D eigenvalue weighted by Gasteiger charge is 2.14. The molecular formula is C12H20ClFN2O3S. The molecule has 0 saturated carbocycles. The second-order valence-electron chi connectivity index (χ2n) is 4.05. The highest BCUT2D eigenvalue weighted by molar-refractivity contribution is 7.89. The van der Waals surface area contributed by atoms with Crippen LogP contribution in [0.5, 0.6) is 0 Å². The van der Waals surface area contributed by atoms with Crippen LogP contribution in [-0.2, 0) is 14.8 Å². The van der Waals surface area contributed by atoms with Gasteiger partial charge in [0, 0.05) is 26.7 Å². The number of aryl methyl sites for hydroxylation is 1. The van der Waals surface area contributed by atoms with Crippen LogP contribution < -0.4 is 10.0 Å². The number of hydrogen-bond acceptors (Lipinski definition) is 4. The van der Waals surface area contributed by atoms with E-state index < -0.39 is 15.8 Å². The van der Waals surface area contributed by atoms with Crippen LogP contribution in [0.1, 0.15) is 5.56 Å². The molecule has 0 unspecified atom stereocenters. The zero-order valence-electron chi connectivity index (χ0n) is 11.5. The van der Waals surface area contributed by atoms with E-state index in [9.17, 15) is 12.8 Å². The molecule has 1 aromatic rings. The number of rotatable bonds is 8. The number of benzene rings is 1. The number of hydrogen-bond donors (Lipinski definition) is 2. The van der Waals surface area contributed by atoms with Crippen LogP contribution in [0.2, 0.25) is 0 Å². The van der Waals surface area contributed by atoms with E-state index in [0.29, 0.717) is 25.3 Å². The van der Waals surface area contributed by atoms with Crippen molar-refractivity contribution in [1.82, 2.24) is 10.0 Å². The summed E-state index contributed by atoms with van der Waals surface area (Å²) in [6, 6.07) is 3.72. The van der Waals surface area contributed by atoms with Crippen LogP contribution in [0.3, 0.4) is 0 Å². The molecule has 0 fully saturated rings. The Kier molecular flexibility index (Phi) is 8.91. The molecule has 0 saturated heterocycles. The predicted octanol–water partition coefficient (Wildman–Crippen LogP) is 1.07. The average Bonchev–Trinajstić information content (AvgIpc) is 2.36. The van der Waals surface area contributed by atoms with E-state index in [2.05, 4.69) is 10.0 Å². The van der Waals surface area contributed by atoms with E-state index in [1.54, 1.807) is 7.11 Å². The van der Waals surface area contributed by atoms with E-state index in [-0.39, 0.29) is 23.8 Å². The average molecular weight is 327 g/mol. The molecule has 20 heavy (non-hydrogen) atoms. The summed E-state index contributed by atoms with van der Waals surface area (Å²) < 4.78 is 44.2. The Hall–Kier alpha value is -0.730. The van der Waals surface area contributed by atoms with Crippen molar-refractivity contribution in [3.8, 4) is 0 Å². The lowest BCUT2D eigenvalue weighted by Crippen LogP contribution is -2.33. The highest BCUT2D eigenvalue weighted by atomic mass is 35.5. The van der Waals surface area contributed by atoms with Crippen molar-refractivity contribution >= 4 is 22.4 Å². The topological polar surface area (TPSA) is 67.4 Å². The SMILES string of the molecule is COCCNCCNS(=O)(=O)c1ccc(F)c(C)c1.Cl. The normalized spacial score (nSPS) is 11.2. The maximum atomic E-state index is 13.1.